The van der Waals surface area contributed by atoms with Gasteiger partial charge in [-0.25, -0.2) is 8.78 Å². The molecule has 0 aromatic heterocycles. The van der Waals surface area contributed by atoms with Crippen molar-refractivity contribution in [3.63, 3.8) is 0 Å². The molecule has 4 nitrogen and oxygen atoms in total. The van der Waals surface area contributed by atoms with Gasteiger partial charge in [-0.2, -0.15) is 0 Å². The van der Waals surface area contributed by atoms with Crippen LogP contribution >= 0.6 is 0 Å². The van der Waals surface area contributed by atoms with Crippen LogP contribution in [0, 0.1) is 11.6 Å². The van der Waals surface area contributed by atoms with Crippen LogP contribution in [0.5, 0.6) is 0 Å². The van der Waals surface area contributed by atoms with Crippen LogP contribution in [0.4, 0.5) is 14.5 Å². The zero-order chi connectivity index (χ0) is 17.1. The Bertz CT molecular complexity index is 762. The molecular formula is C18H16F2N2O2. The summed E-state index contributed by atoms with van der Waals surface area (Å²) in [6.07, 6.45) is 1.19. The molecular weight excluding hydrogens is 314 g/mol. The maximum atomic E-state index is 13.4. The Kier molecular flexibility index (Phi) is 4.55. The first-order chi connectivity index (χ1) is 11.5. The van der Waals surface area contributed by atoms with Crippen molar-refractivity contribution in [3.05, 3.63) is 65.7 Å². The summed E-state index contributed by atoms with van der Waals surface area (Å²) < 4.78 is 26.6. The number of carbonyl (C=O) groups is 2. The van der Waals surface area contributed by atoms with E-state index in [0.717, 1.165) is 12.5 Å². The van der Waals surface area contributed by atoms with Gasteiger partial charge in [0.1, 0.15) is 18.3 Å². The van der Waals surface area contributed by atoms with Crippen molar-refractivity contribution < 1.29 is 18.4 Å². The van der Waals surface area contributed by atoms with Gasteiger partial charge in [0, 0.05) is 24.2 Å². The summed E-state index contributed by atoms with van der Waals surface area (Å²) in [7, 11) is 0. The number of carbonyl (C=O) groups excluding carboxylic acids is 2. The Balaban J connectivity index is 1.92. The molecule has 2 aromatic carbocycles. The minimum atomic E-state index is -0.517. The third kappa shape index (κ3) is 3.42. The van der Waals surface area contributed by atoms with Gasteiger partial charge in [-0.05, 0) is 48.9 Å². The summed E-state index contributed by atoms with van der Waals surface area (Å²) in [6.45, 7) is 0.618. The maximum absolute atomic E-state index is 13.4. The van der Waals surface area contributed by atoms with Gasteiger partial charge >= 0.3 is 0 Å². The molecule has 6 heteroatoms. The first kappa shape index (κ1) is 16.1. The SMILES string of the molecule is O=C1CCCN1CN(C(=O)c1cccc(F)c1)c1ccc(F)cc1. The molecule has 3 rings (SSSR count). The number of anilines is 1. The normalized spacial score (nSPS) is 14.1. The van der Waals surface area contributed by atoms with Crippen molar-refractivity contribution in [1.29, 1.82) is 0 Å². The van der Waals surface area contributed by atoms with Crippen LogP contribution in [-0.2, 0) is 4.79 Å². The molecule has 0 unspecified atom stereocenters. The summed E-state index contributed by atoms with van der Waals surface area (Å²) in [4.78, 5) is 27.6. The lowest BCUT2D eigenvalue weighted by atomic mass is 10.1. The Labute approximate surface area is 138 Å². The van der Waals surface area contributed by atoms with E-state index < -0.39 is 17.5 Å². The van der Waals surface area contributed by atoms with Crippen LogP contribution in [0.15, 0.2) is 48.5 Å². The second kappa shape index (κ2) is 6.78. The first-order valence-corrected chi connectivity index (χ1v) is 7.65. The highest BCUT2D eigenvalue weighted by Gasteiger charge is 2.26. The monoisotopic (exact) mass is 330 g/mol. The lowest BCUT2D eigenvalue weighted by molar-refractivity contribution is -0.127. The van der Waals surface area contributed by atoms with Crippen molar-refractivity contribution in [3.8, 4) is 0 Å². The van der Waals surface area contributed by atoms with E-state index in [4.69, 9.17) is 0 Å². The highest BCUT2D eigenvalue weighted by atomic mass is 19.1. The van der Waals surface area contributed by atoms with Gasteiger partial charge in [-0.15, -0.1) is 0 Å². The van der Waals surface area contributed by atoms with Crippen LogP contribution in [0.25, 0.3) is 0 Å². The fourth-order valence-corrected chi connectivity index (χ4v) is 2.69. The molecule has 1 aliphatic rings. The minimum Gasteiger partial charge on any atom is -0.324 e. The molecule has 1 heterocycles. The highest BCUT2D eigenvalue weighted by molar-refractivity contribution is 6.06. The van der Waals surface area contributed by atoms with E-state index in [-0.39, 0.29) is 18.1 Å². The van der Waals surface area contributed by atoms with E-state index in [0.29, 0.717) is 18.7 Å². The quantitative estimate of drug-likeness (QED) is 0.864. The van der Waals surface area contributed by atoms with Gasteiger partial charge in [-0.1, -0.05) is 6.07 Å². The molecule has 1 saturated heterocycles. The highest BCUT2D eigenvalue weighted by Crippen LogP contribution is 2.21. The molecule has 0 bridgehead atoms. The zero-order valence-electron chi connectivity index (χ0n) is 12.9. The molecule has 0 saturated carbocycles. The molecule has 24 heavy (non-hydrogen) atoms. The smallest absolute Gasteiger partial charge is 0.259 e. The molecule has 2 amide bonds. The summed E-state index contributed by atoms with van der Waals surface area (Å²) in [5, 5.41) is 0. The average Bonchev–Trinajstić information content (AvgIpc) is 2.98. The molecule has 0 spiro atoms. The van der Waals surface area contributed by atoms with Crippen LogP contribution < -0.4 is 4.90 Å². The van der Waals surface area contributed by atoms with E-state index in [9.17, 15) is 18.4 Å². The average molecular weight is 330 g/mol. The van der Waals surface area contributed by atoms with Crippen LogP contribution in [0.1, 0.15) is 23.2 Å². The Hall–Kier alpha value is -2.76. The summed E-state index contributed by atoms with van der Waals surface area (Å²) in [5.41, 5.74) is 0.622. The number of halogens is 2. The summed E-state index contributed by atoms with van der Waals surface area (Å²) in [5.74, 6) is -1.42. The third-order valence-corrected chi connectivity index (χ3v) is 3.94. The van der Waals surface area contributed by atoms with Gasteiger partial charge in [0.25, 0.3) is 5.91 Å². The number of amides is 2. The van der Waals surface area contributed by atoms with Gasteiger partial charge in [0.15, 0.2) is 0 Å². The molecule has 1 aliphatic heterocycles. The van der Waals surface area contributed by atoms with Crippen LogP contribution in [0.2, 0.25) is 0 Å². The number of rotatable bonds is 4. The van der Waals surface area contributed by atoms with E-state index in [1.165, 1.54) is 47.4 Å². The van der Waals surface area contributed by atoms with Crippen LogP contribution in [0.3, 0.4) is 0 Å². The van der Waals surface area contributed by atoms with Gasteiger partial charge in [0.05, 0.1) is 0 Å². The molecule has 0 N–H and O–H groups in total. The predicted octanol–water partition coefficient (Wildman–Crippen LogP) is 3.19. The van der Waals surface area contributed by atoms with E-state index in [2.05, 4.69) is 0 Å². The standard InChI is InChI=1S/C18H16F2N2O2/c19-14-6-8-16(9-7-14)22(12-21-10-2-5-17(21)23)18(24)13-3-1-4-15(20)11-13/h1,3-4,6-9,11H,2,5,10,12H2. The van der Waals surface area contributed by atoms with E-state index in [1.807, 2.05) is 0 Å². The fourth-order valence-electron chi connectivity index (χ4n) is 2.69. The van der Waals surface area contributed by atoms with E-state index >= 15 is 0 Å². The van der Waals surface area contributed by atoms with Crippen molar-refractivity contribution >= 4 is 17.5 Å². The maximum Gasteiger partial charge on any atom is 0.259 e. The Morgan fingerprint density at radius 1 is 1.08 bits per heavy atom. The topological polar surface area (TPSA) is 40.6 Å². The zero-order valence-corrected chi connectivity index (χ0v) is 12.9. The number of benzene rings is 2. The lowest BCUT2D eigenvalue weighted by Crippen LogP contribution is -2.42. The first-order valence-electron chi connectivity index (χ1n) is 7.65. The number of likely N-dealkylation sites (tertiary alicyclic amines) is 1. The van der Waals surface area contributed by atoms with Crippen LogP contribution in [-0.4, -0.2) is 29.9 Å². The van der Waals surface area contributed by atoms with Crippen molar-refractivity contribution in [1.82, 2.24) is 4.90 Å². The Morgan fingerprint density at radius 2 is 1.83 bits per heavy atom. The van der Waals surface area contributed by atoms with Gasteiger partial charge in [-0.3, -0.25) is 14.5 Å². The molecule has 124 valence electrons. The summed E-state index contributed by atoms with van der Waals surface area (Å²) in [6, 6.07) is 10.8. The largest absolute Gasteiger partial charge is 0.324 e. The molecule has 0 radical (unpaired) electrons. The number of nitrogens with zero attached hydrogens (tertiary/aromatic N) is 2. The second-order valence-corrected chi connectivity index (χ2v) is 5.62. The number of hydrogen-bond donors (Lipinski definition) is 0. The lowest BCUT2D eigenvalue weighted by Gasteiger charge is -2.28. The molecule has 1 fully saturated rings. The molecule has 2 aromatic rings. The summed E-state index contributed by atoms with van der Waals surface area (Å²) >= 11 is 0. The van der Waals surface area contributed by atoms with Crippen molar-refractivity contribution in [2.45, 2.75) is 12.8 Å². The molecule has 0 aliphatic carbocycles. The van der Waals surface area contributed by atoms with E-state index in [1.54, 1.807) is 4.90 Å². The Morgan fingerprint density at radius 3 is 2.46 bits per heavy atom. The van der Waals surface area contributed by atoms with Crippen molar-refractivity contribution in [2.75, 3.05) is 18.1 Å². The predicted molar refractivity (Wildman–Crippen MR) is 85.4 cm³/mol. The fraction of sp³-hybridized carbons (Fsp3) is 0.222. The third-order valence-electron chi connectivity index (χ3n) is 3.94. The minimum absolute atomic E-state index is 0.0332. The second-order valence-electron chi connectivity index (χ2n) is 5.62. The number of hydrogen-bond acceptors (Lipinski definition) is 2. The molecule has 0 atom stereocenters. The van der Waals surface area contributed by atoms with Crippen molar-refractivity contribution in [2.24, 2.45) is 0 Å². The van der Waals surface area contributed by atoms with Gasteiger partial charge < -0.3 is 4.90 Å². The van der Waals surface area contributed by atoms with Gasteiger partial charge in [0.2, 0.25) is 5.91 Å².